The Labute approximate surface area is 126 Å². The molecular formula is C15H17BrN2S. The number of rotatable bonds is 4. The van der Waals surface area contributed by atoms with Gasteiger partial charge < -0.3 is 0 Å². The summed E-state index contributed by atoms with van der Waals surface area (Å²) in [5.74, 6) is 6.53. The van der Waals surface area contributed by atoms with Crippen molar-refractivity contribution < 1.29 is 0 Å². The van der Waals surface area contributed by atoms with E-state index in [-0.39, 0.29) is 6.04 Å². The molecule has 0 spiro atoms. The molecule has 1 aliphatic rings. The molecule has 1 heterocycles. The van der Waals surface area contributed by atoms with Crippen molar-refractivity contribution in [3.63, 3.8) is 0 Å². The van der Waals surface area contributed by atoms with Crippen molar-refractivity contribution in [2.45, 2.75) is 31.2 Å². The first-order valence-electron chi connectivity index (χ1n) is 6.58. The molecule has 0 radical (unpaired) electrons. The Balaban J connectivity index is 1.93. The summed E-state index contributed by atoms with van der Waals surface area (Å²) in [6, 6.07) is 11.0. The maximum absolute atomic E-state index is 5.77. The minimum absolute atomic E-state index is 0.0643. The zero-order valence-electron chi connectivity index (χ0n) is 10.6. The van der Waals surface area contributed by atoms with Crippen molar-refractivity contribution in [2.75, 3.05) is 0 Å². The Morgan fingerprint density at radius 2 is 2.16 bits per heavy atom. The van der Waals surface area contributed by atoms with Gasteiger partial charge in [0.15, 0.2) is 0 Å². The molecule has 0 aliphatic heterocycles. The van der Waals surface area contributed by atoms with Crippen molar-refractivity contribution in [3.05, 3.63) is 56.2 Å². The molecule has 1 atom stereocenters. The van der Waals surface area contributed by atoms with Crippen LogP contribution in [0.1, 0.15) is 47.2 Å². The van der Waals surface area contributed by atoms with E-state index in [1.807, 2.05) is 0 Å². The standard InChI is InChI=1S/C15H17BrN2S/c16-13-7-8-19-15(13)14(18-17)12-6-2-5-11(9-12)10-3-1-4-10/h2,5-10,14,18H,1,3-4,17H2. The first-order chi connectivity index (χ1) is 9.29. The highest BCUT2D eigenvalue weighted by Crippen LogP contribution is 2.38. The van der Waals surface area contributed by atoms with Crippen molar-refractivity contribution in [3.8, 4) is 0 Å². The topological polar surface area (TPSA) is 38.0 Å². The molecule has 1 aromatic heterocycles. The van der Waals surface area contributed by atoms with E-state index in [2.05, 4.69) is 57.1 Å². The molecule has 19 heavy (non-hydrogen) atoms. The highest BCUT2D eigenvalue weighted by atomic mass is 79.9. The molecule has 1 aromatic carbocycles. The summed E-state index contributed by atoms with van der Waals surface area (Å²) in [6.45, 7) is 0. The number of hydrazine groups is 1. The Morgan fingerprint density at radius 1 is 1.32 bits per heavy atom. The molecule has 3 rings (SSSR count). The molecule has 0 amide bonds. The highest BCUT2D eigenvalue weighted by Gasteiger charge is 2.22. The van der Waals surface area contributed by atoms with Gasteiger partial charge in [0.2, 0.25) is 0 Å². The fourth-order valence-electron chi connectivity index (χ4n) is 2.57. The zero-order chi connectivity index (χ0) is 13.2. The third-order valence-electron chi connectivity index (χ3n) is 3.89. The van der Waals surface area contributed by atoms with Crippen LogP contribution in [0.5, 0.6) is 0 Å². The van der Waals surface area contributed by atoms with Gasteiger partial charge in [-0.05, 0) is 57.3 Å². The molecule has 1 unspecified atom stereocenters. The summed E-state index contributed by atoms with van der Waals surface area (Å²) < 4.78 is 1.12. The molecule has 2 aromatic rings. The van der Waals surface area contributed by atoms with E-state index >= 15 is 0 Å². The van der Waals surface area contributed by atoms with Crippen LogP contribution in [0.4, 0.5) is 0 Å². The summed E-state index contributed by atoms with van der Waals surface area (Å²) in [7, 11) is 0. The molecule has 4 heteroatoms. The fraction of sp³-hybridized carbons (Fsp3) is 0.333. The van der Waals surface area contributed by atoms with Crippen molar-refractivity contribution in [1.82, 2.24) is 5.43 Å². The summed E-state index contributed by atoms with van der Waals surface area (Å²) in [6.07, 6.45) is 4.02. The van der Waals surface area contributed by atoms with Gasteiger partial charge in [0.25, 0.3) is 0 Å². The van der Waals surface area contributed by atoms with Crippen molar-refractivity contribution >= 4 is 27.3 Å². The first-order valence-corrected chi connectivity index (χ1v) is 8.25. The Kier molecular flexibility index (Phi) is 4.03. The second kappa shape index (κ2) is 5.75. The lowest BCUT2D eigenvalue weighted by atomic mass is 9.79. The second-order valence-electron chi connectivity index (χ2n) is 5.03. The lowest BCUT2D eigenvalue weighted by molar-refractivity contribution is 0.419. The van der Waals surface area contributed by atoms with Crippen molar-refractivity contribution in [2.24, 2.45) is 5.84 Å². The molecule has 1 saturated carbocycles. The molecular weight excluding hydrogens is 320 g/mol. The number of halogens is 1. The van der Waals surface area contributed by atoms with E-state index in [1.165, 1.54) is 35.3 Å². The second-order valence-corrected chi connectivity index (χ2v) is 6.83. The molecule has 1 fully saturated rings. The van der Waals surface area contributed by atoms with Crippen LogP contribution in [-0.2, 0) is 0 Å². The Morgan fingerprint density at radius 3 is 2.74 bits per heavy atom. The molecule has 100 valence electrons. The van der Waals surface area contributed by atoms with Crippen LogP contribution in [0.15, 0.2) is 40.2 Å². The van der Waals surface area contributed by atoms with Crippen LogP contribution >= 0.6 is 27.3 Å². The highest BCUT2D eigenvalue weighted by molar-refractivity contribution is 9.10. The minimum atomic E-state index is 0.0643. The number of nitrogens with one attached hydrogen (secondary N) is 1. The number of hydrogen-bond donors (Lipinski definition) is 2. The minimum Gasteiger partial charge on any atom is -0.271 e. The van der Waals surface area contributed by atoms with E-state index in [0.717, 1.165) is 10.4 Å². The average molecular weight is 337 g/mol. The molecule has 0 bridgehead atoms. The zero-order valence-corrected chi connectivity index (χ0v) is 13.0. The Bertz CT molecular complexity index is 563. The Hall–Kier alpha value is -0.680. The summed E-state index contributed by atoms with van der Waals surface area (Å²) in [4.78, 5) is 1.23. The average Bonchev–Trinajstić information content (AvgIpc) is 2.75. The first kappa shape index (κ1) is 13.3. The smallest absolute Gasteiger partial charge is 0.0813 e. The van der Waals surface area contributed by atoms with Gasteiger partial charge >= 0.3 is 0 Å². The van der Waals surface area contributed by atoms with Gasteiger partial charge in [0.1, 0.15) is 0 Å². The number of hydrogen-bond acceptors (Lipinski definition) is 3. The molecule has 1 aliphatic carbocycles. The quantitative estimate of drug-likeness (QED) is 0.644. The van der Waals surface area contributed by atoms with Crippen LogP contribution in [-0.4, -0.2) is 0 Å². The van der Waals surface area contributed by atoms with E-state index in [9.17, 15) is 0 Å². The van der Waals surface area contributed by atoms with E-state index in [4.69, 9.17) is 5.84 Å². The maximum atomic E-state index is 5.77. The predicted molar refractivity (Wildman–Crippen MR) is 84.2 cm³/mol. The van der Waals surface area contributed by atoms with Gasteiger partial charge in [-0.25, -0.2) is 5.43 Å². The SMILES string of the molecule is NNC(c1cccc(C2CCC2)c1)c1sccc1Br. The van der Waals surface area contributed by atoms with Gasteiger partial charge in [-0.2, -0.15) is 0 Å². The monoisotopic (exact) mass is 336 g/mol. The maximum Gasteiger partial charge on any atom is 0.0813 e. The van der Waals surface area contributed by atoms with Crippen molar-refractivity contribution in [1.29, 1.82) is 0 Å². The van der Waals surface area contributed by atoms with Crippen LogP contribution in [0.25, 0.3) is 0 Å². The van der Waals surface area contributed by atoms with E-state index in [1.54, 1.807) is 11.3 Å². The van der Waals surface area contributed by atoms with Gasteiger partial charge in [-0.1, -0.05) is 30.7 Å². The molecule has 0 saturated heterocycles. The predicted octanol–water partition coefficient (Wildman–Crippen LogP) is 4.33. The summed E-state index contributed by atoms with van der Waals surface area (Å²) in [5, 5.41) is 2.08. The lowest BCUT2D eigenvalue weighted by Crippen LogP contribution is -2.28. The third-order valence-corrected chi connectivity index (χ3v) is 5.83. The van der Waals surface area contributed by atoms with Gasteiger partial charge in [-0.3, -0.25) is 5.84 Å². The number of nitrogens with two attached hydrogens (primary N) is 1. The number of benzene rings is 1. The van der Waals surface area contributed by atoms with Crippen LogP contribution in [0.3, 0.4) is 0 Å². The lowest BCUT2D eigenvalue weighted by Gasteiger charge is -2.27. The van der Waals surface area contributed by atoms with Gasteiger partial charge in [-0.15, -0.1) is 11.3 Å². The molecule has 3 N–H and O–H groups in total. The van der Waals surface area contributed by atoms with E-state index in [0.29, 0.717) is 0 Å². The summed E-state index contributed by atoms with van der Waals surface area (Å²) >= 11 is 5.31. The van der Waals surface area contributed by atoms with Crippen LogP contribution in [0.2, 0.25) is 0 Å². The summed E-state index contributed by atoms with van der Waals surface area (Å²) in [5.41, 5.74) is 5.64. The van der Waals surface area contributed by atoms with Crippen LogP contribution < -0.4 is 11.3 Å². The van der Waals surface area contributed by atoms with Crippen LogP contribution in [0, 0.1) is 0 Å². The molecule has 2 nitrogen and oxygen atoms in total. The third kappa shape index (κ3) is 2.63. The number of thiophene rings is 1. The normalized spacial score (nSPS) is 17.2. The largest absolute Gasteiger partial charge is 0.271 e. The van der Waals surface area contributed by atoms with E-state index < -0.39 is 0 Å². The van der Waals surface area contributed by atoms with Gasteiger partial charge in [0, 0.05) is 9.35 Å². The fourth-order valence-corrected chi connectivity index (χ4v) is 4.26. The van der Waals surface area contributed by atoms with Gasteiger partial charge in [0.05, 0.1) is 6.04 Å².